The topological polar surface area (TPSA) is 63.7 Å². The summed E-state index contributed by atoms with van der Waals surface area (Å²) in [6.45, 7) is 3.05. The minimum absolute atomic E-state index is 0.268. The van der Waals surface area contributed by atoms with Crippen LogP contribution in [-0.2, 0) is 19.1 Å². The molecule has 1 aliphatic rings. The number of nitrogens with zero attached hydrogens (tertiary/aromatic N) is 1. The summed E-state index contributed by atoms with van der Waals surface area (Å²) in [7, 11) is 0. The van der Waals surface area contributed by atoms with Gasteiger partial charge in [0.15, 0.2) is 6.73 Å². The minimum atomic E-state index is -0.452. The number of rotatable bonds is 3. The molecular formula is C9H11NO4. The van der Waals surface area contributed by atoms with Gasteiger partial charge in [0, 0.05) is 12.2 Å². The number of ether oxygens (including phenoxy) is 1. The first kappa shape index (κ1) is 10.4. The molecule has 1 aliphatic heterocycles. The Labute approximate surface area is 81.3 Å². The van der Waals surface area contributed by atoms with Gasteiger partial charge in [-0.3, -0.25) is 14.4 Å². The first-order chi connectivity index (χ1) is 6.52. The quantitative estimate of drug-likeness (QED) is 0.474. The Morgan fingerprint density at radius 1 is 1.36 bits per heavy atom. The third kappa shape index (κ3) is 2.18. The molecule has 0 atom stereocenters. The van der Waals surface area contributed by atoms with Crippen molar-refractivity contribution >= 4 is 17.8 Å². The first-order valence-electron chi connectivity index (χ1n) is 4.22. The van der Waals surface area contributed by atoms with Crippen molar-refractivity contribution in [2.45, 2.75) is 13.8 Å². The van der Waals surface area contributed by atoms with Gasteiger partial charge in [-0.1, -0.05) is 13.8 Å². The monoisotopic (exact) mass is 197 g/mol. The molecule has 1 rings (SSSR count). The van der Waals surface area contributed by atoms with Crippen LogP contribution in [0.1, 0.15) is 13.8 Å². The van der Waals surface area contributed by atoms with Gasteiger partial charge in [-0.25, -0.2) is 4.90 Å². The van der Waals surface area contributed by atoms with Crippen molar-refractivity contribution < 1.29 is 19.1 Å². The molecule has 5 nitrogen and oxygen atoms in total. The number of carbonyl (C=O) groups excluding carboxylic acids is 3. The maximum atomic E-state index is 11.0. The van der Waals surface area contributed by atoms with Crippen molar-refractivity contribution in [2.75, 3.05) is 6.73 Å². The Hall–Kier alpha value is -1.65. The van der Waals surface area contributed by atoms with Gasteiger partial charge in [0.1, 0.15) is 0 Å². The maximum absolute atomic E-state index is 11.0. The first-order valence-corrected chi connectivity index (χ1v) is 4.22. The Morgan fingerprint density at radius 2 is 1.86 bits per heavy atom. The molecule has 0 saturated carbocycles. The number of hydrogen-bond acceptors (Lipinski definition) is 4. The van der Waals surface area contributed by atoms with Crippen molar-refractivity contribution in [1.29, 1.82) is 0 Å². The summed E-state index contributed by atoms with van der Waals surface area (Å²) in [6.07, 6.45) is 2.29. The molecule has 5 heteroatoms. The van der Waals surface area contributed by atoms with Crippen molar-refractivity contribution in [1.82, 2.24) is 4.90 Å². The molecule has 0 bridgehead atoms. The van der Waals surface area contributed by atoms with Crippen LogP contribution in [0.3, 0.4) is 0 Å². The highest BCUT2D eigenvalue weighted by Gasteiger charge is 2.24. The van der Waals surface area contributed by atoms with E-state index in [4.69, 9.17) is 4.74 Å². The van der Waals surface area contributed by atoms with E-state index in [1.165, 1.54) is 0 Å². The summed E-state index contributed by atoms with van der Waals surface area (Å²) in [4.78, 5) is 33.9. The Morgan fingerprint density at radius 3 is 2.29 bits per heavy atom. The summed E-state index contributed by atoms with van der Waals surface area (Å²) in [5, 5.41) is 0. The maximum Gasteiger partial charge on any atom is 0.310 e. The Kier molecular flexibility index (Phi) is 3.01. The fraction of sp³-hybridized carbons (Fsp3) is 0.444. The molecule has 14 heavy (non-hydrogen) atoms. The molecule has 2 amide bonds. The molecule has 0 saturated heterocycles. The molecule has 1 heterocycles. The van der Waals surface area contributed by atoms with Crippen LogP contribution in [-0.4, -0.2) is 29.4 Å². The van der Waals surface area contributed by atoms with Gasteiger partial charge >= 0.3 is 5.97 Å². The summed E-state index contributed by atoms with van der Waals surface area (Å²) < 4.78 is 4.73. The predicted octanol–water partition coefficient (Wildman–Crippen LogP) is 0.0681. The van der Waals surface area contributed by atoms with Crippen molar-refractivity contribution in [3.05, 3.63) is 12.2 Å². The van der Waals surface area contributed by atoms with Crippen molar-refractivity contribution in [2.24, 2.45) is 5.92 Å². The standard InChI is InChI=1S/C9H11NO4/c1-6(2)9(13)14-5-10-7(11)3-4-8(10)12/h3-4,6H,5H2,1-2H3. The van der Waals surface area contributed by atoms with Crippen LogP contribution in [0.2, 0.25) is 0 Å². The zero-order chi connectivity index (χ0) is 10.7. The normalized spacial score (nSPS) is 15.5. The van der Waals surface area contributed by atoms with Crippen LogP contribution < -0.4 is 0 Å². The van der Waals surface area contributed by atoms with Gasteiger partial charge in [0.2, 0.25) is 0 Å². The Bertz CT molecular complexity index is 288. The van der Waals surface area contributed by atoms with Crippen molar-refractivity contribution in [3.63, 3.8) is 0 Å². The second-order valence-electron chi connectivity index (χ2n) is 3.19. The Balaban J connectivity index is 2.43. The summed E-state index contributed by atoms with van der Waals surface area (Å²) >= 11 is 0. The van der Waals surface area contributed by atoms with Crippen LogP contribution in [0, 0.1) is 5.92 Å². The van der Waals surface area contributed by atoms with Crippen LogP contribution in [0.25, 0.3) is 0 Å². The smallest absolute Gasteiger partial charge is 0.310 e. The lowest BCUT2D eigenvalue weighted by molar-refractivity contribution is -0.157. The number of carbonyl (C=O) groups is 3. The van der Waals surface area contributed by atoms with E-state index in [0.29, 0.717) is 0 Å². The van der Waals surface area contributed by atoms with E-state index in [1.807, 2.05) is 0 Å². The van der Waals surface area contributed by atoms with Crippen LogP contribution in [0.15, 0.2) is 12.2 Å². The van der Waals surface area contributed by atoms with Crippen LogP contribution >= 0.6 is 0 Å². The molecule has 0 fully saturated rings. The summed E-state index contributed by atoms with van der Waals surface area (Å²) in [6, 6.07) is 0. The van der Waals surface area contributed by atoms with E-state index in [-0.39, 0.29) is 12.6 Å². The lowest BCUT2D eigenvalue weighted by Gasteiger charge is -2.14. The molecule has 0 aromatic rings. The van der Waals surface area contributed by atoms with Gasteiger partial charge < -0.3 is 4.74 Å². The molecule has 0 unspecified atom stereocenters. The largest absolute Gasteiger partial charge is 0.443 e. The molecule has 0 N–H and O–H groups in total. The zero-order valence-electron chi connectivity index (χ0n) is 8.02. The van der Waals surface area contributed by atoms with Crippen molar-refractivity contribution in [3.8, 4) is 0 Å². The SMILES string of the molecule is CC(C)C(=O)OCN1C(=O)C=CC1=O. The molecule has 76 valence electrons. The van der Waals surface area contributed by atoms with Gasteiger partial charge in [0.25, 0.3) is 11.8 Å². The van der Waals surface area contributed by atoms with E-state index in [0.717, 1.165) is 17.1 Å². The van der Waals surface area contributed by atoms with E-state index >= 15 is 0 Å². The zero-order valence-corrected chi connectivity index (χ0v) is 8.02. The number of imide groups is 1. The number of hydrogen-bond donors (Lipinski definition) is 0. The van der Waals surface area contributed by atoms with Crippen LogP contribution in [0.4, 0.5) is 0 Å². The third-order valence-corrected chi connectivity index (χ3v) is 1.71. The van der Waals surface area contributed by atoms with Crippen LogP contribution in [0.5, 0.6) is 0 Å². The van der Waals surface area contributed by atoms with Gasteiger partial charge in [-0.05, 0) is 0 Å². The lowest BCUT2D eigenvalue weighted by Crippen LogP contribution is -2.34. The average molecular weight is 197 g/mol. The fourth-order valence-electron chi connectivity index (χ4n) is 0.853. The molecule has 0 aromatic heterocycles. The van der Waals surface area contributed by atoms with E-state index < -0.39 is 17.8 Å². The van der Waals surface area contributed by atoms with Gasteiger partial charge in [-0.15, -0.1) is 0 Å². The summed E-state index contributed by atoms with van der Waals surface area (Å²) in [5.41, 5.74) is 0. The highest BCUT2D eigenvalue weighted by atomic mass is 16.5. The minimum Gasteiger partial charge on any atom is -0.443 e. The predicted molar refractivity (Wildman–Crippen MR) is 46.8 cm³/mol. The molecule has 0 aromatic carbocycles. The summed E-state index contributed by atoms with van der Waals surface area (Å²) in [5.74, 6) is -1.61. The van der Waals surface area contributed by atoms with E-state index in [1.54, 1.807) is 13.8 Å². The van der Waals surface area contributed by atoms with E-state index in [2.05, 4.69) is 0 Å². The molecule has 0 aliphatic carbocycles. The molecule has 0 spiro atoms. The number of amides is 2. The van der Waals surface area contributed by atoms with E-state index in [9.17, 15) is 14.4 Å². The molecular weight excluding hydrogens is 186 g/mol. The van der Waals surface area contributed by atoms with Gasteiger partial charge in [-0.2, -0.15) is 0 Å². The average Bonchev–Trinajstić information content (AvgIpc) is 2.43. The highest BCUT2D eigenvalue weighted by Crippen LogP contribution is 2.04. The van der Waals surface area contributed by atoms with Gasteiger partial charge in [0.05, 0.1) is 5.92 Å². The fourth-order valence-corrected chi connectivity index (χ4v) is 0.853. The highest BCUT2D eigenvalue weighted by molar-refractivity contribution is 6.12. The third-order valence-electron chi connectivity index (χ3n) is 1.71. The lowest BCUT2D eigenvalue weighted by atomic mass is 10.2. The second kappa shape index (κ2) is 4.04. The number of esters is 1. The second-order valence-corrected chi connectivity index (χ2v) is 3.19. The molecule has 0 radical (unpaired) electrons.